The van der Waals surface area contributed by atoms with E-state index in [2.05, 4.69) is 4.98 Å². The molecule has 0 aliphatic heterocycles. The Hall–Kier alpha value is -2.60. The first-order valence-corrected chi connectivity index (χ1v) is 8.94. The highest BCUT2D eigenvalue weighted by Gasteiger charge is 2.22. The molecule has 3 aromatic rings. The standard InChI is InChI=1S/C18H17NO4S/c1-3-22-15-8-4-5-9-16(15)23-24(20,21)17-10-6-7-14-11-13(2)12-19-18(14)17/h4-12H,3H2,1-2H3. The maximum Gasteiger partial charge on any atom is 0.341 e. The summed E-state index contributed by atoms with van der Waals surface area (Å²) in [6.45, 7) is 4.14. The maximum absolute atomic E-state index is 12.7. The molecule has 0 aliphatic rings. The Balaban J connectivity index is 2.06. The van der Waals surface area contributed by atoms with Gasteiger partial charge in [-0.3, -0.25) is 4.98 Å². The van der Waals surface area contributed by atoms with Crippen molar-refractivity contribution in [2.24, 2.45) is 0 Å². The molecule has 0 radical (unpaired) electrons. The molecule has 1 heterocycles. The SMILES string of the molecule is CCOc1ccccc1OS(=O)(=O)c1cccc2cc(C)cnc12. The molecule has 0 N–H and O–H groups in total. The number of aromatic nitrogens is 1. The van der Waals surface area contributed by atoms with E-state index in [9.17, 15) is 8.42 Å². The second-order valence-corrected chi connectivity index (χ2v) is 6.77. The summed E-state index contributed by atoms with van der Waals surface area (Å²) >= 11 is 0. The van der Waals surface area contributed by atoms with Crippen molar-refractivity contribution in [2.75, 3.05) is 6.61 Å². The largest absolute Gasteiger partial charge is 0.490 e. The van der Waals surface area contributed by atoms with Crippen molar-refractivity contribution >= 4 is 21.0 Å². The number of rotatable bonds is 5. The van der Waals surface area contributed by atoms with Crippen LogP contribution in [0.3, 0.4) is 0 Å². The van der Waals surface area contributed by atoms with Gasteiger partial charge in [-0.05, 0) is 43.7 Å². The molecular weight excluding hydrogens is 326 g/mol. The van der Waals surface area contributed by atoms with Crippen LogP contribution in [0.25, 0.3) is 10.9 Å². The van der Waals surface area contributed by atoms with Crippen LogP contribution in [0, 0.1) is 6.92 Å². The molecule has 2 aromatic carbocycles. The molecule has 24 heavy (non-hydrogen) atoms. The number of aryl methyl sites for hydroxylation is 1. The van der Waals surface area contributed by atoms with Crippen molar-refractivity contribution in [2.45, 2.75) is 18.7 Å². The van der Waals surface area contributed by atoms with E-state index in [0.29, 0.717) is 17.9 Å². The van der Waals surface area contributed by atoms with E-state index in [1.165, 1.54) is 6.07 Å². The Morgan fingerprint density at radius 1 is 1.04 bits per heavy atom. The molecule has 0 spiro atoms. The van der Waals surface area contributed by atoms with Crippen LogP contribution >= 0.6 is 0 Å². The van der Waals surface area contributed by atoms with Gasteiger partial charge in [0, 0.05) is 11.6 Å². The van der Waals surface area contributed by atoms with Gasteiger partial charge >= 0.3 is 10.1 Å². The topological polar surface area (TPSA) is 65.5 Å². The van der Waals surface area contributed by atoms with Crippen LogP contribution < -0.4 is 8.92 Å². The van der Waals surface area contributed by atoms with Crippen LogP contribution in [-0.4, -0.2) is 20.0 Å². The lowest BCUT2D eigenvalue weighted by Gasteiger charge is -2.12. The fraction of sp³-hybridized carbons (Fsp3) is 0.167. The highest BCUT2D eigenvalue weighted by Crippen LogP contribution is 2.31. The van der Waals surface area contributed by atoms with Crippen molar-refractivity contribution in [1.29, 1.82) is 0 Å². The number of pyridine rings is 1. The average molecular weight is 343 g/mol. The quantitative estimate of drug-likeness (QED) is 0.661. The van der Waals surface area contributed by atoms with Gasteiger partial charge < -0.3 is 8.92 Å². The molecule has 0 unspecified atom stereocenters. The Labute approximate surface area is 141 Å². The molecule has 0 saturated heterocycles. The Bertz CT molecular complexity index is 983. The second-order valence-electron chi connectivity index (χ2n) is 5.26. The third-order valence-corrected chi connectivity index (χ3v) is 4.70. The van der Waals surface area contributed by atoms with E-state index in [1.807, 2.05) is 26.0 Å². The predicted molar refractivity (Wildman–Crippen MR) is 91.9 cm³/mol. The van der Waals surface area contributed by atoms with E-state index >= 15 is 0 Å². The van der Waals surface area contributed by atoms with Crippen LogP contribution in [0.15, 0.2) is 59.6 Å². The van der Waals surface area contributed by atoms with E-state index in [1.54, 1.807) is 36.5 Å². The predicted octanol–water partition coefficient (Wildman–Crippen LogP) is 3.71. The van der Waals surface area contributed by atoms with Gasteiger partial charge in [0.1, 0.15) is 4.90 Å². The summed E-state index contributed by atoms with van der Waals surface area (Å²) in [7, 11) is -4.04. The first-order valence-electron chi connectivity index (χ1n) is 7.53. The van der Waals surface area contributed by atoms with Gasteiger partial charge in [-0.15, -0.1) is 0 Å². The smallest absolute Gasteiger partial charge is 0.341 e. The van der Waals surface area contributed by atoms with Crippen LogP contribution in [0.5, 0.6) is 11.5 Å². The molecule has 1 aromatic heterocycles. The number of fused-ring (bicyclic) bond motifs is 1. The number of ether oxygens (including phenoxy) is 1. The summed E-state index contributed by atoms with van der Waals surface area (Å²) < 4.78 is 36.2. The Morgan fingerprint density at radius 2 is 1.79 bits per heavy atom. The van der Waals surface area contributed by atoms with Crippen LogP contribution in [-0.2, 0) is 10.1 Å². The minimum atomic E-state index is -4.04. The zero-order valence-corrected chi connectivity index (χ0v) is 14.2. The molecule has 6 heteroatoms. The van der Waals surface area contributed by atoms with Gasteiger partial charge in [0.25, 0.3) is 0 Å². The number of benzene rings is 2. The van der Waals surface area contributed by atoms with Gasteiger partial charge in [-0.1, -0.05) is 24.3 Å². The number of para-hydroxylation sites is 3. The summed E-state index contributed by atoms with van der Waals surface area (Å²) in [5, 5.41) is 0.748. The van der Waals surface area contributed by atoms with Gasteiger partial charge in [0.05, 0.1) is 12.1 Å². The molecule has 5 nitrogen and oxygen atoms in total. The maximum atomic E-state index is 12.7. The third kappa shape index (κ3) is 3.19. The molecule has 3 rings (SSSR count). The van der Waals surface area contributed by atoms with Gasteiger partial charge in [0.2, 0.25) is 0 Å². The molecule has 124 valence electrons. The van der Waals surface area contributed by atoms with E-state index in [0.717, 1.165) is 10.9 Å². The van der Waals surface area contributed by atoms with Gasteiger partial charge in [-0.2, -0.15) is 8.42 Å². The lowest BCUT2D eigenvalue weighted by Crippen LogP contribution is -2.11. The van der Waals surface area contributed by atoms with Crippen molar-refractivity contribution in [3.05, 3.63) is 60.3 Å². The van der Waals surface area contributed by atoms with Crippen molar-refractivity contribution in [3.63, 3.8) is 0 Å². The van der Waals surface area contributed by atoms with E-state index in [-0.39, 0.29) is 10.6 Å². The van der Waals surface area contributed by atoms with Gasteiger partial charge in [0.15, 0.2) is 11.5 Å². The Kier molecular flexibility index (Phi) is 4.40. The first-order chi connectivity index (χ1) is 11.5. The average Bonchev–Trinajstić information content (AvgIpc) is 2.56. The Morgan fingerprint density at radius 3 is 2.54 bits per heavy atom. The molecule has 0 bridgehead atoms. The first kappa shape index (κ1) is 16.3. The van der Waals surface area contributed by atoms with Crippen molar-refractivity contribution in [3.8, 4) is 11.5 Å². The normalized spacial score (nSPS) is 11.4. The summed E-state index contributed by atoms with van der Waals surface area (Å²) in [5.41, 5.74) is 1.34. The van der Waals surface area contributed by atoms with Crippen molar-refractivity contribution in [1.82, 2.24) is 4.98 Å². The number of hydrogen-bond donors (Lipinski definition) is 0. The van der Waals surface area contributed by atoms with E-state index in [4.69, 9.17) is 8.92 Å². The summed E-state index contributed by atoms with van der Waals surface area (Å²) in [5.74, 6) is 0.538. The third-order valence-electron chi connectivity index (χ3n) is 3.43. The molecular formula is C18H17NO4S. The monoisotopic (exact) mass is 343 g/mol. The summed E-state index contributed by atoms with van der Waals surface area (Å²) in [4.78, 5) is 4.29. The zero-order valence-electron chi connectivity index (χ0n) is 13.4. The van der Waals surface area contributed by atoms with E-state index < -0.39 is 10.1 Å². The molecule has 0 amide bonds. The fourth-order valence-electron chi connectivity index (χ4n) is 2.40. The van der Waals surface area contributed by atoms with Crippen LogP contribution in [0.1, 0.15) is 12.5 Å². The zero-order chi connectivity index (χ0) is 17.2. The highest BCUT2D eigenvalue weighted by molar-refractivity contribution is 7.87. The van der Waals surface area contributed by atoms with Crippen LogP contribution in [0.4, 0.5) is 0 Å². The summed E-state index contributed by atoms with van der Waals surface area (Å²) in [6, 6.07) is 13.5. The lowest BCUT2D eigenvalue weighted by atomic mass is 10.2. The van der Waals surface area contributed by atoms with Crippen molar-refractivity contribution < 1.29 is 17.3 Å². The molecule has 0 aliphatic carbocycles. The highest BCUT2D eigenvalue weighted by atomic mass is 32.2. The summed E-state index contributed by atoms with van der Waals surface area (Å²) in [6.07, 6.45) is 1.63. The molecule has 0 atom stereocenters. The van der Waals surface area contributed by atoms with Gasteiger partial charge in [-0.25, -0.2) is 0 Å². The minimum Gasteiger partial charge on any atom is -0.490 e. The fourth-order valence-corrected chi connectivity index (χ4v) is 3.52. The number of nitrogens with zero attached hydrogens (tertiary/aromatic N) is 1. The minimum absolute atomic E-state index is 0.0336. The number of hydrogen-bond acceptors (Lipinski definition) is 5. The second kappa shape index (κ2) is 6.49. The molecule has 0 fully saturated rings. The van der Waals surface area contributed by atoms with Crippen LogP contribution in [0.2, 0.25) is 0 Å². The molecule has 0 saturated carbocycles. The lowest BCUT2D eigenvalue weighted by molar-refractivity contribution is 0.327.